The Kier molecular flexibility index (Phi) is 5.24. The molecule has 0 spiro atoms. The number of anilines is 2. The van der Waals surface area contributed by atoms with Crippen LogP contribution in [0.4, 0.5) is 11.5 Å². The summed E-state index contributed by atoms with van der Waals surface area (Å²) in [6, 6.07) is 7.02. The van der Waals surface area contributed by atoms with E-state index < -0.39 is 0 Å². The van der Waals surface area contributed by atoms with Crippen molar-refractivity contribution in [3.05, 3.63) is 29.6 Å². The molecule has 0 aliphatic heterocycles. The third kappa shape index (κ3) is 3.91. The quantitative estimate of drug-likeness (QED) is 0.715. The third-order valence-electron chi connectivity index (χ3n) is 7.70. The predicted octanol–water partition coefficient (Wildman–Crippen LogP) is 3.95. The molecule has 5 rings (SSSR count). The van der Waals surface area contributed by atoms with Gasteiger partial charge in [0.25, 0.3) is 0 Å². The number of aromatic nitrogens is 2. The van der Waals surface area contributed by atoms with Crippen molar-refractivity contribution in [2.24, 2.45) is 11.1 Å². The van der Waals surface area contributed by atoms with Gasteiger partial charge in [-0.05, 0) is 68.1 Å². The lowest BCUT2D eigenvalue weighted by molar-refractivity contribution is 0.147. The zero-order valence-electron chi connectivity index (χ0n) is 19.9. The monoisotopic (exact) mass is 446 g/mol. The SMILES string of the molecule is CN(CC1(C#N)CC1)c1c(O[C@H]2CC[C@H](N)CC2)ccc2c1CC(C)(C)c1c(N)ncnc1-2. The van der Waals surface area contributed by atoms with E-state index in [0.29, 0.717) is 12.4 Å². The average Bonchev–Trinajstić information content (AvgIpc) is 3.54. The molecular formula is C26H34N6O. The summed E-state index contributed by atoms with van der Waals surface area (Å²) in [6.07, 6.45) is 8.37. The van der Waals surface area contributed by atoms with E-state index in [9.17, 15) is 5.26 Å². The summed E-state index contributed by atoms with van der Waals surface area (Å²) in [5.41, 5.74) is 17.3. The lowest BCUT2D eigenvalue weighted by Crippen LogP contribution is -2.34. The number of nitriles is 1. The summed E-state index contributed by atoms with van der Waals surface area (Å²) in [5.74, 6) is 1.44. The Bertz CT molecular complexity index is 1110. The number of ether oxygens (including phenoxy) is 1. The molecule has 0 bridgehead atoms. The minimum Gasteiger partial charge on any atom is -0.488 e. The number of fused-ring (bicyclic) bond motifs is 3. The van der Waals surface area contributed by atoms with Crippen LogP contribution in [0, 0.1) is 16.7 Å². The predicted molar refractivity (Wildman–Crippen MR) is 130 cm³/mol. The Morgan fingerprint density at radius 2 is 1.91 bits per heavy atom. The molecule has 4 N–H and O–H groups in total. The van der Waals surface area contributed by atoms with Gasteiger partial charge in [-0.25, -0.2) is 9.97 Å². The van der Waals surface area contributed by atoms with Crippen LogP contribution in [0.15, 0.2) is 18.5 Å². The fraction of sp³-hybridized carbons (Fsp3) is 0.577. The zero-order chi connectivity index (χ0) is 23.4. The molecule has 1 aromatic carbocycles. The van der Waals surface area contributed by atoms with Crippen molar-refractivity contribution >= 4 is 11.5 Å². The van der Waals surface area contributed by atoms with Crippen LogP contribution in [0.1, 0.15) is 63.5 Å². The molecule has 3 aliphatic carbocycles. The fourth-order valence-electron chi connectivity index (χ4n) is 5.71. The van der Waals surface area contributed by atoms with Crippen LogP contribution in [0.25, 0.3) is 11.3 Å². The van der Waals surface area contributed by atoms with Gasteiger partial charge >= 0.3 is 0 Å². The minimum absolute atomic E-state index is 0.169. The van der Waals surface area contributed by atoms with Crippen LogP contribution in [0.2, 0.25) is 0 Å². The normalized spacial score (nSPS) is 24.2. The second kappa shape index (κ2) is 7.88. The number of nitrogen functional groups attached to an aromatic ring is 1. The number of benzene rings is 1. The molecule has 3 aliphatic rings. The van der Waals surface area contributed by atoms with Crippen molar-refractivity contribution in [1.82, 2.24) is 9.97 Å². The van der Waals surface area contributed by atoms with Crippen LogP contribution in [-0.2, 0) is 11.8 Å². The molecule has 174 valence electrons. The maximum atomic E-state index is 9.74. The maximum absolute atomic E-state index is 9.74. The first-order valence-corrected chi connectivity index (χ1v) is 12.0. The summed E-state index contributed by atoms with van der Waals surface area (Å²) in [4.78, 5) is 11.2. The largest absolute Gasteiger partial charge is 0.488 e. The lowest BCUT2D eigenvalue weighted by atomic mass is 9.71. The highest BCUT2D eigenvalue weighted by molar-refractivity contribution is 5.83. The summed E-state index contributed by atoms with van der Waals surface area (Å²) >= 11 is 0. The molecule has 0 amide bonds. The fourth-order valence-corrected chi connectivity index (χ4v) is 5.71. The van der Waals surface area contributed by atoms with E-state index in [0.717, 1.165) is 73.2 Å². The van der Waals surface area contributed by atoms with E-state index in [1.807, 2.05) is 0 Å². The molecular weight excluding hydrogens is 412 g/mol. The van der Waals surface area contributed by atoms with Crippen LogP contribution in [0.3, 0.4) is 0 Å². The molecule has 7 heteroatoms. The van der Waals surface area contributed by atoms with Gasteiger partial charge in [-0.2, -0.15) is 5.26 Å². The van der Waals surface area contributed by atoms with Gasteiger partial charge in [0.2, 0.25) is 0 Å². The van der Waals surface area contributed by atoms with Gasteiger partial charge in [0, 0.05) is 30.8 Å². The lowest BCUT2D eigenvalue weighted by Gasteiger charge is -2.38. The standard InChI is InChI=1S/C26H34N6O/c1-25(2)12-19-18(22-21(25)24(29)31-15-30-22)8-9-20(33-17-6-4-16(28)5-7-17)23(19)32(3)14-26(13-27)10-11-26/h8-9,15-17H,4-7,10-12,14,28H2,1-3H3,(H2,29,30,31)/t16-,17-. The van der Waals surface area contributed by atoms with Gasteiger partial charge in [-0.1, -0.05) is 13.8 Å². The van der Waals surface area contributed by atoms with E-state index in [1.54, 1.807) is 6.33 Å². The van der Waals surface area contributed by atoms with Gasteiger partial charge in [0.05, 0.1) is 29.0 Å². The number of nitrogens with zero attached hydrogens (tertiary/aromatic N) is 4. The third-order valence-corrected chi connectivity index (χ3v) is 7.70. The first kappa shape index (κ1) is 22.0. The Morgan fingerprint density at radius 1 is 1.18 bits per heavy atom. The molecule has 2 aromatic rings. The molecule has 33 heavy (non-hydrogen) atoms. The number of nitrogens with two attached hydrogens (primary N) is 2. The van der Waals surface area contributed by atoms with Gasteiger partial charge in [-0.3, -0.25) is 0 Å². The highest BCUT2D eigenvalue weighted by Gasteiger charge is 2.45. The molecule has 2 fully saturated rings. The molecule has 0 radical (unpaired) electrons. The van der Waals surface area contributed by atoms with Crippen LogP contribution in [0.5, 0.6) is 5.75 Å². The molecule has 2 saturated carbocycles. The average molecular weight is 447 g/mol. The summed E-state index contributed by atoms with van der Waals surface area (Å²) in [7, 11) is 2.09. The topological polar surface area (TPSA) is 114 Å². The van der Waals surface area contributed by atoms with Gasteiger partial charge in [-0.15, -0.1) is 0 Å². The van der Waals surface area contributed by atoms with Gasteiger partial charge in [0.15, 0.2) is 0 Å². The van der Waals surface area contributed by atoms with Crippen molar-refractivity contribution in [3.8, 4) is 23.1 Å². The molecule has 0 saturated heterocycles. The van der Waals surface area contributed by atoms with Crippen LogP contribution < -0.4 is 21.1 Å². The van der Waals surface area contributed by atoms with E-state index in [4.69, 9.17) is 16.2 Å². The van der Waals surface area contributed by atoms with Crippen molar-refractivity contribution in [2.45, 2.75) is 76.4 Å². The number of hydrogen-bond donors (Lipinski definition) is 2. The molecule has 1 aromatic heterocycles. The van der Waals surface area contributed by atoms with Crippen molar-refractivity contribution < 1.29 is 4.74 Å². The second-order valence-electron chi connectivity index (χ2n) is 10.9. The summed E-state index contributed by atoms with van der Waals surface area (Å²) in [5, 5.41) is 9.74. The highest BCUT2D eigenvalue weighted by atomic mass is 16.5. The number of rotatable bonds is 5. The molecule has 0 unspecified atom stereocenters. The maximum Gasteiger partial charge on any atom is 0.143 e. The zero-order valence-corrected chi connectivity index (χ0v) is 19.9. The van der Waals surface area contributed by atoms with Gasteiger partial charge < -0.3 is 21.1 Å². The summed E-state index contributed by atoms with van der Waals surface area (Å²) in [6.45, 7) is 5.10. The Labute approximate surface area is 196 Å². The van der Waals surface area contributed by atoms with Gasteiger partial charge in [0.1, 0.15) is 17.9 Å². The number of hydrogen-bond acceptors (Lipinski definition) is 7. The smallest absolute Gasteiger partial charge is 0.143 e. The van der Waals surface area contributed by atoms with Crippen molar-refractivity contribution in [1.29, 1.82) is 5.26 Å². The second-order valence-corrected chi connectivity index (χ2v) is 10.9. The molecule has 1 heterocycles. The Hall–Kier alpha value is -2.85. The first-order valence-electron chi connectivity index (χ1n) is 12.0. The molecule has 7 nitrogen and oxygen atoms in total. The van der Waals surface area contributed by atoms with Crippen molar-refractivity contribution in [2.75, 3.05) is 24.2 Å². The van der Waals surface area contributed by atoms with E-state index in [1.165, 1.54) is 5.56 Å². The van der Waals surface area contributed by atoms with E-state index in [-0.39, 0.29) is 23.0 Å². The Morgan fingerprint density at radius 3 is 2.58 bits per heavy atom. The van der Waals surface area contributed by atoms with E-state index >= 15 is 0 Å². The molecule has 0 atom stereocenters. The highest BCUT2D eigenvalue weighted by Crippen LogP contribution is 2.51. The van der Waals surface area contributed by atoms with Crippen LogP contribution in [-0.4, -0.2) is 35.7 Å². The van der Waals surface area contributed by atoms with E-state index in [2.05, 4.69) is 54.0 Å². The minimum atomic E-state index is -0.249. The van der Waals surface area contributed by atoms with Crippen molar-refractivity contribution in [3.63, 3.8) is 0 Å². The Balaban J connectivity index is 1.61. The summed E-state index contributed by atoms with van der Waals surface area (Å²) < 4.78 is 6.63. The first-order chi connectivity index (χ1) is 15.7. The van der Waals surface area contributed by atoms with Crippen LogP contribution >= 0.6 is 0 Å².